The second-order valence-corrected chi connectivity index (χ2v) is 6.81. The van der Waals surface area contributed by atoms with Gasteiger partial charge in [0, 0.05) is 37.7 Å². The Morgan fingerprint density at radius 3 is 2.75 bits per heavy atom. The normalized spacial score (nSPS) is 24.1. The number of hydrogen-bond acceptors (Lipinski definition) is 4. The highest BCUT2D eigenvalue weighted by molar-refractivity contribution is 5.89. The molecule has 130 valence electrons. The molecule has 1 aliphatic carbocycles. The third kappa shape index (κ3) is 3.29. The van der Waals surface area contributed by atoms with Crippen LogP contribution in [0.3, 0.4) is 0 Å². The summed E-state index contributed by atoms with van der Waals surface area (Å²) < 4.78 is 17.6. The Labute approximate surface area is 141 Å². The molecule has 6 heteroatoms. The molecule has 1 saturated heterocycles. The second kappa shape index (κ2) is 6.51. The van der Waals surface area contributed by atoms with Crippen molar-refractivity contribution in [2.75, 3.05) is 18.5 Å². The molecule has 3 aliphatic rings. The van der Waals surface area contributed by atoms with Gasteiger partial charge in [0.05, 0.1) is 6.10 Å². The van der Waals surface area contributed by atoms with Gasteiger partial charge in [-0.05, 0) is 37.8 Å². The average molecular weight is 332 g/mol. The van der Waals surface area contributed by atoms with Crippen LogP contribution in [0.2, 0.25) is 0 Å². The lowest BCUT2D eigenvalue weighted by atomic mass is 9.94. The standard InChI is InChI=1S/C18H24N2O4/c21-17(19-12-14-5-4-10-22-14)20-13-6-7-15-16(11-13)24-18(23-15)8-2-1-3-9-18/h6-7,11,14H,1-5,8-10,12H2,(H2,19,20,21). The Kier molecular flexibility index (Phi) is 4.22. The maximum atomic E-state index is 12.0. The van der Waals surface area contributed by atoms with E-state index in [9.17, 15) is 4.79 Å². The summed E-state index contributed by atoms with van der Waals surface area (Å²) >= 11 is 0. The van der Waals surface area contributed by atoms with Crippen LogP contribution in [0.4, 0.5) is 10.5 Å². The molecule has 2 amide bonds. The summed E-state index contributed by atoms with van der Waals surface area (Å²) in [6.45, 7) is 1.33. The summed E-state index contributed by atoms with van der Waals surface area (Å²) in [4.78, 5) is 12.0. The zero-order valence-electron chi connectivity index (χ0n) is 13.8. The van der Waals surface area contributed by atoms with E-state index in [-0.39, 0.29) is 12.1 Å². The van der Waals surface area contributed by atoms with Gasteiger partial charge in [0.1, 0.15) is 0 Å². The van der Waals surface area contributed by atoms with Crippen LogP contribution in [0.1, 0.15) is 44.9 Å². The van der Waals surface area contributed by atoms with Gasteiger partial charge in [-0.3, -0.25) is 0 Å². The molecule has 4 rings (SSSR count). The summed E-state index contributed by atoms with van der Waals surface area (Å²) in [6.07, 6.45) is 7.56. The van der Waals surface area contributed by atoms with Crippen LogP contribution in [-0.2, 0) is 4.74 Å². The molecule has 0 radical (unpaired) electrons. The third-order valence-corrected chi connectivity index (χ3v) is 4.92. The number of carbonyl (C=O) groups is 1. The molecule has 1 aromatic rings. The molecule has 1 saturated carbocycles. The molecule has 1 unspecified atom stereocenters. The first-order chi connectivity index (χ1) is 11.7. The number of ether oxygens (including phenoxy) is 3. The lowest BCUT2D eigenvalue weighted by molar-refractivity contribution is -0.105. The molecule has 2 fully saturated rings. The number of fused-ring (bicyclic) bond motifs is 1. The molecule has 0 aromatic heterocycles. The van der Waals surface area contributed by atoms with Gasteiger partial charge in [-0.25, -0.2) is 4.79 Å². The molecule has 6 nitrogen and oxygen atoms in total. The highest BCUT2D eigenvalue weighted by Crippen LogP contribution is 2.46. The first-order valence-corrected chi connectivity index (χ1v) is 8.91. The molecular weight excluding hydrogens is 308 g/mol. The minimum absolute atomic E-state index is 0.138. The summed E-state index contributed by atoms with van der Waals surface area (Å²) in [6, 6.07) is 5.32. The molecule has 0 bridgehead atoms. The maximum Gasteiger partial charge on any atom is 0.319 e. The van der Waals surface area contributed by atoms with E-state index in [1.54, 1.807) is 0 Å². The Morgan fingerprint density at radius 1 is 1.12 bits per heavy atom. The summed E-state index contributed by atoms with van der Waals surface area (Å²) in [5.41, 5.74) is 0.704. The highest BCUT2D eigenvalue weighted by Gasteiger charge is 2.42. The molecule has 2 heterocycles. The minimum atomic E-state index is -0.485. The van der Waals surface area contributed by atoms with Gasteiger partial charge in [-0.2, -0.15) is 0 Å². The largest absolute Gasteiger partial charge is 0.448 e. The zero-order valence-corrected chi connectivity index (χ0v) is 13.8. The number of hydrogen-bond donors (Lipinski definition) is 2. The zero-order chi connectivity index (χ0) is 16.4. The van der Waals surface area contributed by atoms with E-state index in [0.29, 0.717) is 18.0 Å². The lowest BCUT2D eigenvalue weighted by Crippen LogP contribution is -2.40. The highest BCUT2D eigenvalue weighted by atomic mass is 16.7. The van der Waals surface area contributed by atoms with Gasteiger partial charge < -0.3 is 24.8 Å². The summed E-state index contributed by atoms with van der Waals surface area (Å²) in [5.74, 6) is 0.998. The molecule has 2 aliphatic heterocycles. The molecule has 1 spiro atoms. The fraction of sp³-hybridized carbons (Fsp3) is 0.611. The van der Waals surface area contributed by atoms with Crippen molar-refractivity contribution in [1.82, 2.24) is 5.32 Å². The van der Waals surface area contributed by atoms with Crippen molar-refractivity contribution in [1.29, 1.82) is 0 Å². The van der Waals surface area contributed by atoms with E-state index in [2.05, 4.69) is 10.6 Å². The van der Waals surface area contributed by atoms with Gasteiger partial charge >= 0.3 is 6.03 Å². The van der Waals surface area contributed by atoms with E-state index >= 15 is 0 Å². The number of urea groups is 1. The predicted octanol–water partition coefficient (Wildman–Crippen LogP) is 3.42. The Balaban J connectivity index is 1.34. The van der Waals surface area contributed by atoms with E-state index in [1.807, 2.05) is 18.2 Å². The van der Waals surface area contributed by atoms with Crippen molar-refractivity contribution in [2.45, 2.75) is 56.8 Å². The molecule has 24 heavy (non-hydrogen) atoms. The van der Waals surface area contributed by atoms with Crippen LogP contribution in [-0.4, -0.2) is 31.1 Å². The van der Waals surface area contributed by atoms with Gasteiger partial charge in [-0.15, -0.1) is 0 Å². The van der Waals surface area contributed by atoms with Crippen LogP contribution in [0.15, 0.2) is 18.2 Å². The van der Waals surface area contributed by atoms with Crippen LogP contribution in [0.5, 0.6) is 11.5 Å². The van der Waals surface area contributed by atoms with Crippen molar-refractivity contribution in [3.63, 3.8) is 0 Å². The van der Waals surface area contributed by atoms with Gasteiger partial charge in [-0.1, -0.05) is 6.42 Å². The van der Waals surface area contributed by atoms with Gasteiger partial charge in [0.15, 0.2) is 11.5 Å². The number of amides is 2. The third-order valence-electron chi connectivity index (χ3n) is 4.92. The molecule has 1 atom stereocenters. The maximum absolute atomic E-state index is 12.0. The fourth-order valence-corrected chi connectivity index (χ4v) is 3.65. The average Bonchev–Trinajstić information content (AvgIpc) is 3.20. The fourth-order valence-electron chi connectivity index (χ4n) is 3.65. The Bertz CT molecular complexity index is 607. The smallest absolute Gasteiger partial charge is 0.319 e. The van der Waals surface area contributed by atoms with Crippen molar-refractivity contribution >= 4 is 11.7 Å². The minimum Gasteiger partial charge on any atom is -0.448 e. The van der Waals surface area contributed by atoms with E-state index in [0.717, 1.165) is 50.9 Å². The Morgan fingerprint density at radius 2 is 1.96 bits per heavy atom. The van der Waals surface area contributed by atoms with Gasteiger partial charge in [0.2, 0.25) is 0 Å². The van der Waals surface area contributed by atoms with Crippen LogP contribution >= 0.6 is 0 Å². The van der Waals surface area contributed by atoms with Crippen molar-refractivity contribution < 1.29 is 19.0 Å². The molecule has 1 aromatic carbocycles. The number of nitrogens with one attached hydrogen (secondary N) is 2. The first kappa shape index (κ1) is 15.6. The Hall–Kier alpha value is -1.95. The number of carbonyl (C=O) groups excluding carboxylic acids is 1. The van der Waals surface area contributed by atoms with Crippen molar-refractivity contribution in [2.24, 2.45) is 0 Å². The molecule has 2 N–H and O–H groups in total. The van der Waals surface area contributed by atoms with Crippen LogP contribution < -0.4 is 20.1 Å². The first-order valence-electron chi connectivity index (χ1n) is 8.91. The number of anilines is 1. The van der Waals surface area contributed by atoms with Crippen LogP contribution in [0.25, 0.3) is 0 Å². The SMILES string of the molecule is O=C(NCC1CCCO1)Nc1ccc2c(c1)OC1(CCCCC1)O2. The topological polar surface area (TPSA) is 68.8 Å². The quantitative estimate of drug-likeness (QED) is 0.890. The van der Waals surface area contributed by atoms with Gasteiger partial charge in [0.25, 0.3) is 5.79 Å². The molecular formula is C18H24N2O4. The van der Waals surface area contributed by atoms with E-state index < -0.39 is 5.79 Å². The second-order valence-electron chi connectivity index (χ2n) is 6.81. The number of rotatable bonds is 3. The summed E-state index contributed by atoms with van der Waals surface area (Å²) in [5, 5.41) is 5.70. The van der Waals surface area contributed by atoms with Crippen molar-refractivity contribution in [3.8, 4) is 11.5 Å². The van der Waals surface area contributed by atoms with Crippen molar-refractivity contribution in [3.05, 3.63) is 18.2 Å². The van der Waals surface area contributed by atoms with E-state index in [1.165, 1.54) is 6.42 Å². The van der Waals surface area contributed by atoms with E-state index in [4.69, 9.17) is 14.2 Å². The summed E-state index contributed by atoms with van der Waals surface area (Å²) in [7, 11) is 0. The predicted molar refractivity (Wildman–Crippen MR) is 89.5 cm³/mol. The monoisotopic (exact) mass is 332 g/mol. The number of benzene rings is 1. The lowest BCUT2D eigenvalue weighted by Gasteiger charge is -2.31. The van der Waals surface area contributed by atoms with Crippen LogP contribution in [0, 0.1) is 0 Å².